The molecule has 0 bridgehead atoms. The number of nitrogens with zero attached hydrogens (tertiary/aromatic N) is 1. The minimum Gasteiger partial charge on any atom is -0.398 e. The van der Waals surface area contributed by atoms with Crippen LogP contribution in [0.5, 0.6) is 0 Å². The van der Waals surface area contributed by atoms with Gasteiger partial charge in [0.15, 0.2) is 0 Å². The number of hydrogen-bond donors (Lipinski definition) is 2. The molecule has 0 aliphatic carbocycles. The van der Waals surface area contributed by atoms with Crippen molar-refractivity contribution in [1.82, 2.24) is 10.2 Å². The molecule has 1 unspecified atom stereocenters. The first-order valence-electron chi connectivity index (χ1n) is 9.50. The summed E-state index contributed by atoms with van der Waals surface area (Å²) in [6.45, 7) is 7.92. The SMILES string of the molecule is CC(C)C(NC1CCN(Cc2ccccc2)CC1)c1ccccc1N. The number of hydrogen-bond acceptors (Lipinski definition) is 3. The van der Waals surface area contributed by atoms with Crippen LogP contribution in [0.3, 0.4) is 0 Å². The molecule has 1 fully saturated rings. The highest BCUT2D eigenvalue weighted by atomic mass is 15.1. The van der Waals surface area contributed by atoms with Crippen molar-refractivity contribution < 1.29 is 0 Å². The van der Waals surface area contributed by atoms with Crippen molar-refractivity contribution in [2.24, 2.45) is 5.92 Å². The fourth-order valence-electron chi connectivity index (χ4n) is 3.79. The number of nitrogen functional groups attached to an aromatic ring is 1. The van der Waals surface area contributed by atoms with E-state index < -0.39 is 0 Å². The average molecular weight is 338 g/mol. The lowest BCUT2D eigenvalue weighted by Gasteiger charge is -2.36. The van der Waals surface area contributed by atoms with E-state index in [-0.39, 0.29) is 0 Å². The van der Waals surface area contributed by atoms with Crippen LogP contribution < -0.4 is 11.1 Å². The Kier molecular flexibility index (Phi) is 6.11. The molecule has 1 aliphatic heterocycles. The number of para-hydroxylation sites is 1. The van der Waals surface area contributed by atoms with Gasteiger partial charge in [0.1, 0.15) is 0 Å². The molecular weight excluding hydrogens is 306 g/mol. The molecule has 25 heavy (non-hydrogen) atoms. The smallest absolute Gasteiger partial charge is 0.0366 e. The molecule has 0 saturated carbocycles. The quantitative estimate of drug-likeness (QED) is 0.776. The van der Waals surface area contributed by atoms with E-state index in [9.17, 15) is 0 Å². The van der Waals surface area contributed by atoms with Crippen LogP contribution in [-0.2, 0) is 6.54 Å². The first-order chi connectivity index (χ1) is 12.1. The van der Waals surface area contributed by atoms with Crippen LogP contribution in [0.15, 0.2) is 54.6 Å². The number of rotatable bonds is 6. The molecule has 1 atom stereocenters. The van der Waals surface area contributed by atoms with Gasteiger partial charge in [0.05, 0.1) is 0 Å². The lowest BCUT2D eigenvalue weighted by atomic mass is 9.92. The van der Waals surface area contributed by atoms with Crippen LogP contribution in [0.25, 0.3) is 0 Å². The summed E-state index contributed by atoms with van der Waals surface area (Å²) >= 11 is 0. The molecule has 3 rings (SSSR count). The molecular formula is C22H31N3. The van der Waals surface area contributed by atoms with E-state index in [1.807, 2.05) is 12.1 Å². The first kappa shape index (κ1) is 18.0. The van der Waals surface area contributed by atoms with Crippen LogP contribution >= 0.6 is 0 Å². The lowest BCUT2D eigenvalue weighted by molar-refractivity contribution is 0.178. The Morgan fingerprint density at radius 3 is 2.28 bits per heavy atom. The van der Waals surface area contributed by atoms with Gasteiger partial charge in [-0.3, -0.25) is 4.90 Å². The van der Waals surface area contributed by atoms with Gasteiger partial charge < -0.3 is 11.1 Å². The second-order valence-electron chi connectivity index (χ2n) is 7.55. The fourth-order valence-corrected chi connectivity index (χ4v) is 3.79. The molecule has 1 saturated heterocycles. The molecule has 0 amide bonds. The summed E-state index contributed by atoms with van der Waals surface area (Å²) in [5.74, 6) is 0.520. The van der Waals surface area contributed by atoms with Crippen molar-refractivity contribution in [2.75, 3.05) is 18.8 Å². The molecule has 2 aromatic rings. The topological polar surface area (TPSA) is 41.3 Å². The second kappa shape index (κ2) is 8.50. The maximum atomic E-state index is 6.22. The average Bonchev–Trinajstić information content (AvgIpc) is 2.62. The molecule has 3 heteroatoms. The summed E-state index contributed by atoms with van der Waals surface area (Å²) in [5.41, 5.74) is 9.77. The molecule has 0 spiro atoms. The zero-order valence-electron chi connectivity index (χ0n) is 15.5. The third kappa shape index (κ3) is 4.83. The minimum absolute atomic E-state index is 0.326. The predicted molar refractivity (Wildman–Crippen MR) is 106 cm³/mol. The van der Waals surface area contributed by atoms with Gasteiger partial charge in [-0.2, -0.15) is 0 Å². The molecule has 3 nitrogen and oxygen atoms in total. The van der Waals surface area contributed by atoms with Crippen LogP contribution in [0, 0.1) is 5.92 Å². The van der Waals surface area contributed by atoms with Crippen molar-refractivity contribution in [3.8, 4) is 0 Å². The number of nitrogens with one attached hydrogen (secondary N) is 1. The normalized spacial score (nSPS) is 17.7. The zero-order chi connectivity index (χ0) is 17.6. The van der Waals surface area contributed by atoms with Gasteiger partial charge in [0, 0.05) is 24.3 Å². The zero-order valence-corrected chi connectivity index (χ0v) is 15.5. The van der Waals surface area contributed by atoms with Crippen molar-refractivity contribution in [2.45, 2.75) is 45.3 Å². The summed E-state index contributed by atoms with van der Waals surface area (Å²) < 4.78 is 0. The number of benzene rings is 2. The third-order valence-corrected chi connectivity index (χ3v) is 5.25. The Morgan fingerprint density at radius 2 is 1.64 bits per heavy atom. The van der Waals surface area contributed by atoms with Crippen LogP contribution in [0.2, 0.25) is 0 Å². The van der Waals surface area contributed by atoms with Crippen molar-refractivity contribution in [3.63, 3.8) is 0 Å². The Hall–Kier alpha value is -1.84. The third-order valence-electron chi connectivity index (χ3n) is 5.25. The van der Waals surface area contributed by atoms with Crippen LogP contribution in [0.1, 0.15) is 43.9 Å². The van der Waals surface area contributed by atoms with Gasteiger partial charge >= 0.3 is 0 Å². The summed E-state index contributed by atoms with van der Waals surface area (Å²) in [6.07, 6.45) is 2.39. The minimum atomic E-state index is 0.326. The van der Waals surface area contributed by atoms with E-state index >= 15 is 0 Å². The molecule has 134 valence electrons. The van der Waals surface area contributed by atoms with E-state index in [4.69, 9.17) is 5.73 Å². The molecule has 2 aromatic carbocycles. The van der Waals surface area contributed by atoms with Crippen molar-refractivity contribution in [3.05, 3.63) is 65.7 Å². The van der Waals surface area contributed by atoms with Crippen molar-refractivity contribution in [1.29, 1.82) is 0 Å². The lowest BCUT2D eigenvalue weighted by Crippen LogP contribution is -2.44. The number of piperidine rings is 1. The Bertz CT molecular complexity index is 645. The number of anilines is 1. The Balaban J connectivity index is 1.56. The highest BCUT2D eigenvalue weighted by Crippen LogP contribution is 2.28. The Morgan fingerprint density at radius 1 is 1.00 bits per heavy atom. The van der Waals surface area contributed by atoms with Gasteiger partial charge in [-0.25, -0.2) is 0 Å². The van der Waals surface area contributed by atoms with E-state index in [1.165, 1.54) is 24.0 Å². The molecule has 1 heterocycles. The monoisotopic (exact) mass is 337 g/mol. The van der Waals surface area contributed by atoms with Crippen LogP contribution in [0.4, 0.5) is 5.69 Å². The summed E-state index contributed by atoms with van der Waals surface area (Å²) in [7, 11) is 0. The van der Waals surface area contributed by atoms with Gasteiger partial charge in [0.2, 0.25) is 0 Å². The molecule has 0 radical (unpaired) electrons. The standard InChI is InChI=1S/C22H31N3/c1-17(2)22(20-10-6-7-11-21(20)23)24-19-12-14-25(15-13-19)16-18-8-4-3-5-9-18/h3-11,17,19,22,24H,12-16,23H2,1-2H3. The molecule has 0 aromatic heterocycles. The van der Waals surface area contributed by atoms with Gasteiger partial charge in [0.25, 0.3) is 0 Å². The largest absolute Gasteiger partial charge is 0.398 e. The number of nitrogens with two attached hydrogens (primary N) is 1. The van der Waals surface area contributed by atoms with E-state index in [0.29, 0.717) is 18.0 Å². The maximum absolute atomic E-state index is 6.22. The second-order valence-corrected chi connectivity index (χ2v) is 7.55. The van der Waals surface area contributed by atoms with E-state index in [1.54, 1.807) is 0 Å². The summed E-state index contributed by atoms with van der Waals surface area (Å²) in [6, 6.07) is 19.9. The number of likely N-dealkylation sites (tertiary alicyclic amines) is 1. The van der Waals surface area contributed by atoms with Crippen molar-refractivity contribution >= 4 is 5.69 Å². The highest BCUT2D eigenvalue weighted by molar-refractivity contribution is 5.48. The summed E-state index contributed by atoms with van der Waals surface area (Å²) in [4.78, 5) is 2.56. The van der Waals surface area contributed by atoms with Gasteiger partial charge in [-0.1, -0.05) is 62.4 Å². The highest BCUT2D eigenvalue weighted by Gasteiger charge is 2.25. The van der Waals surface area contributed by atoms with E-state index in [0.717, 1.165) is 25.3 Å². The van der Waals surface area contributed by atoms with Gasteiger partial charge in [-0.05, 0) is 49.0 Å². The summed E-state index contributed by atoms with van der Waals surface area (Å²) in [5, 5.41) is 3.89. The maximum Gasteiger partial charge on any atom is 0.0366 e. The Labute approximate surface area is 152 Å². The van der Waals surface area contributed by atoms with Gasteiger partial charge in [-0.15, -0.1) is 0 Å². The molecule has 1 aliphatic rings. The first-order valence-corrected chi connectivity index (χ1v) is 9.50. The fraction of sp³-hybridized carbons (Fsp3) is 0.455. The van der Waals surface area contributed by atoms with Crippen LogP contribution in [-0.4, -0.2) is 24.0 Å². The molecule has 3 N–H and O–H groups in total. The van der Waals surface area contributed by atoms with E-state index in [2.05, 4.69) is 66.5 Å². The predicted octanol–water partition coefficient (Wildman–Crippen LogP) is 4.22.